The van der Waals surface area contributed by atoms with Crippen LogP contribution in [0.15, 0.2) is 35.5 Å². The van der Waals surface area contributed by atoms with Gasteiger partial charge in [0.2, 0.25) is 5.79 Å². The number of piperidine rings is 1. The molecule has 2 saturated heterocycles. The van der Waals surface area contributed by atoms with Gasteiger partial charge in [-0.25, -0.2) is 15.3 Å². The number of terminal acetylenes is 2. The first-order valence-electron chi connectivity index (χ1n) is 35.7. The molecule has 0 aromatic rings. The first kappa shape index (κ1) is 104. The van der Waals surface area contributed by atoms with E-state index < -0.39 is 102 Å². The van der Waals surface area contributed by atoms with Crippen molar-refractivity contribution in [1.29, 1.82) is 0 Å². The smallest absolute Gasteiger partial charge is 0.329 e. The van der Waals surface area contributed by atoms with E-state index in [1.54, 1.807) is 19.1 Å². The quantitative estimate of drug-likeness (QED) is 0.0104. The predicted molar refractivity (Wildman–Crippen MR) is 495 cm³/mol. The molecule has 2 bridgehead atoms. The average molecular weight is 1720 g/mol. The highest BCUT2D eigenvalue weighted by molar-refractivity contribution is 6.39. The van der Waals surface area contributed by atoms with E-state index in [1.165, 1.54) is 31.9 Å². The lowest BCUT2D eigenvalue weighted by Gasteiger charge is -2.47. The fraction of sp³-hybridized carbons (Fsp3) is 0.370. The van der Waals surface area contributed by atoms with Crippen molar-refractivity contribution in [2.75, 3.05) is 27.9 Å². The van der Waals surface area contributed by atoms with Gasteiger partial charge in [0.1, 0.15) is 30.8 Å². The molecule has 122 heavy (non-hydrogen) atoms. The molecule has 0 unspecified atom stereocenters. The number of carboxylic acid groups (broad SMARTS) is 1. The molecule has 1 saturated carbocycles. The van der Waals surface area contributed by atoms with Gasteiger partial charge < -0.3 is 43.5 Å². The summed E-state index contributed by atoms with van der Waals surface area (Å²) in [6.45, 7) is 11.4. The van der Waals surface area contributed by atoms with E-state index in [0.29, 0.717) is 56.9 Å². The van der Waals surface area contributed by atoms with E-state index in [0.717, 1.165) is 5.57 Å². The highest BCUT2D eigenvalue weighted by atomic mass is 17.9. The summed E-state index contributed by atoms with van der Waals surface area (Å²) in [6.07, 6.45) is 17.0. The summed E-state index contributed by atoms with van der Waals surface area (Å²) in [5, 5.41) is 68.9. The van der Waals surface area contributed by atoms with Gasteiger partial charge in [-0.2, -0.15) is 0 Å². The van der Waals surface area contributed by atoms with Crippen LogP contribution in [-0.4, -0.2) is 137 Å². The number of ketones is 2. The number of allylic oxidation sites excluding steroid dienone is 4. The molecule has 30 nitrogen and oxygen atoms in total. The maximum absolute atomic E-state index is 14.4. The Balaban J connectivity index is -0.0000000489. The number of aliphatic carboxylic acids is 1. The van der Waals surface area contributed by atoms with Crippen LogP contribution in [0.2, 0.25) is 0 Å². The van der Waals surface area contributed by atoms with Crippen LogP contribution >= 0.6 is 0 Å². The normalized spacial score (nSPS) is 21.8. The number of carbonyl (C=O) groups excluding carboxylic acids is 5. The standard InChI is InChI=1S/C46H69NO14.C46H2.H3NO14.33H2/c1-10-32-20-26(2)19-27(3)21-37(57-8)42-38(58-9)23-30(6)46(55,61-42)43(52)44(53)47-18-12-11-13-33(47)45(54)60-41(28(4)14-16-34(32)48)29(5)22-31-15-17-35(36(24-31)56-7)59-40(51)25-39(49)50;1-3-5-7-9-11-13-15-17-19-21-23-25-27-29-31-33-35-37-39-41-43-45-46-44-42-40-38-36-34-32-30-28-26-24-22-20-18-16-14-12-10-8-6-4-2;2-6-10-14-12-8-4-1-5-9-13-15-11-7-3;;;;;;;;;;;;;;;;;;;;;;;;;;;;;;;;;/h14,16,20,22,27-28,30-33,35-38,41-42,55H,10-13,15,17-19,21,23-25H2,1-9H3,(H,49,50);1-2H;1-3H;33*1H/b16-14+,26-20+,29-22+;;;;;;;;;;;;;;;;;;;;;;;;;;;;;;;;;;;/t27-,28+,30+,31-,32+,33-,35+,36+,37-,38-,41-,42+,46+;;;;;;;;;;;;;;;;;;;;;;;;;;;;;;;;;;;/m0.................................../s1. The third-order valence-corrected chi connectivity index (χ3v) is 16.0. The maximum atomic E-state index is 14.4. The minimum absolute atomic E-state index is 0. The average Bonchev–Trinajstić information content (AvgIpc) is 0.804. The summed E-state index contributed by atoms with van der Waals surface area (Å²) < 4.78 is 35.4. The van der Waals surface area contributed by atoms with Gasteiger partial charge in [0.15, 0.2) is 5.78 Å². The Morgan fingerprint density at radius 1 is 0.566 bits per heavy atom. The fourth-order valence-corrected chi connectivity index (χ4v) is 11.0. The molecule has 13 atom stereocenters. The second-order valence-corrected chi connectivity index (χ2v) is 24.2. The zero-order valence-corrected chi connectivity index (χ0v) is 66.9. The lowest BCUT2D eigenvalue weighted by Crippen LogP contribution is -2.64. The fourth-order valence-electron chi connectivity index (χ4n) is 11.0. The number of cyclic esters (lactones) is 1. The first-order valence-corrected chi connectivity index (χ1v) is 35.7. The van der Waals surface area contributed by atoms with Crippen LogP contribution in [0.5, 0.6) is 0 Å². The molecule has 0 aromatic heterocycles. The molecule has 1 aliphatic carbocycles. The van der Waals surface area contributed by atoms with Crippen LogP contribution in [0.4, 0.5) is 0 Å². The number of rotatable bonds is 21. The molecule has 0 radical (unpaired) electrons. The number of Topliss-reactive ketones (excluding diaryl/α,β-unsaturated/α-hetero) is 1. The van der Waals surface area contributed by atoms with Crippen molar-refractivity contribution >= 4 is 35.4 Å². The van der Waals surface area contributed by atoms with E-state index in [1.807, 2.05) is 39.8 Å². The van der Waals surface area contributed by atoms with Crippen LogP contribution < -0.4 is 5.64 Å². The minimum atomic E-state index is -2.51. The van der Waals surface area contributed by atoms with E-state index in [2.05, 4.69) is 328 Å². The second kappa shape index (κ2) is 66.5. The van der Waals surface area contributed by atoms with Crippen molar-refractivity contribution < 1.29 is 185 Å². The van der Waals surface area contributed by atoms with Gasteiger partial charge in [0, 0.05) is 258 Å². The van der Waals surface area contributed by atoms with Gasteiger partial charge in [-0.15, -0.1) is 12.8 Å². The zero-order chi connectivity index (χ0) is 89.5. The van der Waals surface area contributed by atoms with Crippen molar-refractivity contribution in [2.45, 2.75) is 161 Å². The Hall–Kier alpha value is -14.5. The number of fused-ring (bicyclic) bond motifs is 3. The number of esters is 2. The molecule has 0 spiro atoms. The summed E-state index contributed by atoms with van der Waals surface area (Å²) in [5.41, 5.74) is 3.06. The van der Waals surface area contributed by atoms with Crippen molar-refractivity contribution in [3.63, 3.8) is 0 Å². The number of methoxy groups -OCH3 is 3. The van der Waals surface area contributed by atoms with Gasteiger partial charge in [-0.3, -0.25) is 24.0 Å². The van der Waals surface area contributed by atoms with E-state index in [-0.39, 0.29) is 84.1 Å². The highest BCUT2D eigenvalue weighted by Gasteiger charge is 2.57. The minimum Gasteiger partial charge on any atom is -0.481 e. The summed E-state index contributed by atoms with van der Waals surface area (Å²) in [7, 11) is 4.55. The predicted octanol–water partition coefficient (Wildman–Crippen LogP) is 12.4. The molecule has 686 valence electrons. The molecule has 3 heterocycles. The number of hydrogen-bond acceptors (Lipinski definition) is 28. The molecule has 1 amide bonds. The number of hydrogen-bond donors (Lipinski definition) is 5. The summed E-state index contributed by atoms with van der Waals surface area (Å²) in [5.74, 6) is 98.7. The Morgan fingerprint density at radius 2 is 0.975 bits per heavy atom. The summed E-state index contributed by atoms with van der Waals surface area (Å²) in [4.78, 5) is 88.3. The molecule has 4 aliphatic rings. The Kier molecular flexibility index (Phi) is 56.5. The third-order valence-electron chi connectivity index (χ3n) is 16.0. The van der Waals surface area contributed by atoms with Crippen LogP contribution in [0, 0.1) is 303 Å². The third kappa shape index (κ3) is 45.9. The van der Waals surface area contributed by atoms with Crippen molar-refractivity contribution in [3.8, 4) is 273 Å². The van der Waals surface area contributed by atoms with Gasteiger partial charge in [0.05, 0.1) is 18.3 Å². The van der Waals surface area contributed by atoms with E-state index in [4.69, 9.17) is 56.9 Å². The van der Waals surface area contributed by atoms with Crippen LogP contribution in [0.1, 0.15) is 159 Å². The van der Waals surface area contributed by atoms with E-state index >= 15 is 0 Å². The number of nitrogens with zero attached hydrogens (tertiary/aromatic N) is 1. The van der Waals surface area contributed by atoms with Gasteiger partial charge in [-0.1, -0.05) is 61.5 Å². The zero-order valence-electron chi connectivity index (χ0n) is 66.9. The van der Waals surface area contributed by atoms with Crippen molar-refractivity contribution in [3.05, 3.63) is 35.5 Å². The highest BCUT2D eigenvalue weighted by Crippen LogP contribution is 2.39. The number of nitrogens with one attached hydrogen (secondary N) is 1. The molecule has 3 fully saturated rings. The number of amides is 1. The number of ether oxygens (including phenoxy) is 6. The lowest BCUT2D eigenvalue weighted by molar-refractivity contribution is -0.816. The molecule has 30 heteroatoms. The topological polar surface area (TPSA) is 365 Å². The monoisotopic (exact) mass is 1720 g/mol. The number of aliphatic hydroxyl groups is 1. The van der Waals surface area contributed by atoms with E-state index in [9.17, 15) is 33.9 Å². The van der Waals surface area contributed by atoms with Crippen LogP contribution in [0.25, 0.3) is 0 Å². The lowest BCUT2D eigenvalue weighted by atomic mass is 9.82. The van der Waals surface area contributed by atoms with Gasteiger partial charge >= 0.3 is 17.9 Å². The molecular formula is C92H140N2O28. The molecule has 4 rings (SSSR count). The molecule has 5 N–H and O–H groups in total. The Morgan fingerprint density at radius 3 is 1.37 bits per heavy atom. The summed E-state index contributed by atoms with van der Waals surface area (Å²) in [6, 6.07) is -1.13. The largest absolute Gasteiger partial charge is 0.481 e. The first-order chi connectivity index (χ1) is 59.2. The van der Waals surface area contributed by atoms with Crippen molar-refractivity contribution in [2.24, 2.45) is 29.6 Å². The van der Waals surface area contributed by atoms with Gasteiger partial charge in [-0.05, 0) is 252 Å². The maximum Gasteiger partial charge on any atom is 0.329 e. The number of carboxylic acids is 1. The van der Waals surface area contributed by atoms with Gasteiger partial charge in [0.25, 0.3) is 11.7 Å². The molecule has 0 aromatic carbocycles. The van der Waals surface area contributed by atoms with Crippen molar-refractivity contribution in [1.82, 2.24) is 10.5 Å². The Labute approximate surface area is 756 Å². The number of carbonyl (C=O) groups is 6. The van der Waals surface area contributed by atoms with Crippen LogP contribution in [0.3, 0.4) is 0 Å². The molecule has 3 aliphatic heterocycles. The SMILES string of the molecule is C#CC#CC#CC#CC#CC#CC#CC#CC#CC#CC#CC#CC#CC#CC#CC#CC#CC#CC#CC#CC#CC#CC#C.CC[C@@H]1/C=C(\C)C[C@H](C)C[C@H](OC)[C@H]2O[C@@](O)(C(=O)C(=O)N3CCCC[C@H]3C(=O)O[C@H](/C(C)=C/[C@@H]3CC[C@@H](OC(=O)CC(=O)O)[C@H](OC)C3)[C@H](C)/C=C/C1=O)[C@H](C)C[C@@H]2OC.OOOOOOONOOOOOOO.[HH].[HH].[HH].[HH].[HH].[HH].[HH].[HH].[HH].[HH].[HH].[HH].[HH].[HH].[HH].[HH].[HH].[HH].[HH].[HH].[HH].[HH].[HH].[HH].[HH].[HH].[HH].[HH].[HH].[HH].[HH].[HH].[HH]. The Bertz CT molecular complexity index is 5260. The molecular weight excluding hydrogens is 1580 g/mol. The summed E-state index contributed by atoms with van der Waals surface area (Å²) >= 11 is 0. The van der Waals surface area contributed by atoms with Crippen LogP contribution in [-0.2, 0) is 118 Å². The second-order valence-electron chi connectivity index (χ2n) is 24.2.